The molecule has 2 heteroatoms. The van der Waals surface area contributed by atoms with Crippen molar-refractivity contribution in [1.29, 1.82) is 0 Å². The smallest absolute Gasteiger partial charge is 0.0467 e. The van der Waals surface area contributed by atoms with Crippen LogP contribution in [0, 0.1) is 0 Å². The van der Waals surface area contributed by atoms with Crippen molar-refractivity contribution in [3.63, 3.8) is 0 Å². The fourth-order valence-electron chi connectivity index (χ4n) is 4.45. The molecule has 0 amide bonds. The summed E-state index contributed by atoms with van der Waals surface area (Å²) in [5.41, 5.74) is 8.18. The SMILES string of the molecule is c1ccc(N(c2ccccc2)c2cccc(-c3ccc4[nH]c5ccccc5c4c3)c2)cc1. The minimum Gasteiger partial charge on any atom is -0.355 e. The second kappa shape index (κ2) is 7.75. The average Bonchev–Trinajstić information content (AvgIpc) is 3.24. The number of nitrogens with one attached hydrogen (secondary N) is 1. The van der Waals surface area contributed by atoms with Crippen LogP contribution in [0.15, 0.2) is 127 Å². The van der Waals surface area contributed by atoms with Gasteiger partial charge in [-0.3, -0.25) is 0 Å². The van der Waals surface area contributed by atoms with Crippen molar-refractivity contribution >= 4 is 38.9 Å². The fraction of sp³-hybridized carbons (Fsp3) is 0. The first-order valence-corrected chi connectivity index (χ1v) is 10.9. The number of hydrogen-bond donors (Lipinski definition) is 1. The van der Waals surface area contributed by atoms with Crippen LogP contribution in [-0.4, -0.2) is 4.98 Å². The molecule has 5 aromatic carbocycles. The molecule has 0 atom stereocenters. The molecule has 32 heavy (non-hydrogen) atoms. The van der Waals surface area contributed by atoms with Gasteiger partial charge in [0, 0.05) is 38.9 Å². The van der Waals surface area contributed by atoms with Gasteiger partial charge in [0.15, 0.2) is 0 Å². The van der Waals surface area contributed by atoms with Crippen molar-refractivity contribution in [2.24, 2.45) is 0 Å². The molecule has 0 saturated carbocycles. The number of benzene rings is 5. The Labute approximate surface area is 187 Å². The minimum atomic E-state index is 1.14. The van der Waals surface area contributed by atoms with Crippen molar-refractivity contribution in [3.8, 4) is 11.1 Å². The highest BCUT2D eigenvalue weighted by Crippen LogP contribution is 2.37. The number of hydrogen-bond acceptors (Lipinski definition) is 1. The van der Waals surface area contributed by atoms with Crippen LogP contribution in [0.25, 0.3) is 32.9 Å². The lowest BCUT2D eigenvalue weighted by Crippen LogP contribution is -2.09. The van der Waals surface area contributed by atoms with E-state index in [9.17, 15) is 0 Å². The molecule has 0 aliphatic heterocycles. The number of para-hydroxylation sites is 3. The molecule has 0 fully saturated rings. The standard InChI is InChI=1S/C30H22N2/c1-3-11-24(12-4-1)32(25-13-5-2-6-14-25)26-15-9-10-22(20-26)23-18-19-30-28(21-23)27-16-7-8-17-29(27)31-30/h1-21,31H. The molecule has 6 aromatic rings. The number of aromatic nitrogens is 1. The average molecular weight is 411 g/mol. The molecule has 152 valence electrons. The highest BCUT2D eigenvalue weighted by atomic mass is 15.1. The molecule has 0 aliphatic carbocycles. The van der Waals surface area contributed by atoms with Gasteiger partial charge < -0.3 is 9.88 Å². The first kappa shape index (κ1) is 18.5. The number of nitrogens with zero attached hydrogens (tertiary/aromatic N) is 1. The third-order valence-electron chi connectivity index (χ3n) is 5.97. The number of rotatable bonds is 4. The number of aromatic amines is 1. The first-order valence-electron chi connectivity index (χ1n) is 10.9. The van der Waals surface area contributed by atoms with E-state index in [1.165, 1.54) is 32.9 Å². The van der Waals surface area contributed by atoms with Crippen molar-refractivity contribution in [2.75, 3.05) is 4.90 Å². The fourth-order valence-corrected chi connectivity index (χ4v) is 4.45. The van der Waals surface area contributed by atoms with Crippen LogP contribution in [0.3, 0.4) is 0 Å². The summed E-state index contributed by atoms with van der Waals surface area (Å²) >= 11 is 0. The van der Waals surface area contributed by atoms with Crippen LogP contribution < -0.4 is 4.90 Å². The molecule has 1 N–H and O–H groups in total. The number of H-pyrrole nitrogens is 1. The third kappa shape index (κ3) is 3.23. The van der Waals surface area contributed by atoms with Gasteiger partial charge in [0.2, 0.25) is 0 Å². The van der Waals surface area contributed by atoms with Crippen LogP contribution >= 0.6 is 0 Å². The van der Waals surface area contributed by atoms with Gasteiger partial charge in [-0.2, -0.15) is 0 Å². The van der Waals surface area contributed by atoms with Crippen LogP contribution in [-0.2, 0) is 0 Å². The normalized spacial score (nSPS) is 11.1. The Hall–Kier alpha value is -4.30. The molecule has 0 saturated heterocycles. The van der Waals surface area contributed by atoms with E-state index in [2.05, 4.69) is 137 Å². The Balaban J connectivity index is 1.49. The Morgan fingerprint density at radius 3 is 1.75 bits per heavy atom. The van der Waals surface area contributed by atoms with Crippen LogP contribution in [0.2, 0.25) is 0 Å². The van der Waals surface area contributed by atoms with E-state index in [-0.39, 0.29) is 0 Å². The zero-order chi connectivity index (χ0) is 21.3. The van der Waals surface area contributed by atoms with E-state index in [0.29, 0.717) is 0 Å². The predicted molar refractivity (Wildman–Crippen MR) is 136 cm³/mol. The van der Waals surface area contributed by atoms with E-state index in [1.807, 2.05) is 0 Å². The van der Waals surface area contributed by atoms with Gasteiger partial charge >= 0.3 is 0 Å². The Morgan fingerprint density at radius 1 is 0.406 bits per heavy atom. The third-order valence-corrected chi connectivity index (χ3v) is 5.97. The van der Waals surface area contributed by atoms with Gasteiger partial charge in [0.25, 0.3) is 0 Å². The van der Waals surface area contributed by atoms with Crippen molar-refractivity contribution in [2.45, 2.75) is 0 Å². The lowest BCUT2D eigenvalue weighted by molar-refractivity contribution is 1.28. The quantitative estimate of drug-likeness (QED) is 0.309. The Kier molecular flexibility index (Phi) is 4.47. The van der Waals surface area contributed by atoms with Crippen LogP contribution in [0.1, 0.15) is 0 Å². The van der Waals surface area contributed by atoms with E-state index in [4.69, 9.17) is 0 Å². The van der Waals surface area contributed by atoms with Crippen molar-refractivity contribution < 1.29 is 0 Å². The predicted octanol–water partition coefficient (Wildman–Crippen LogP) is 8.46. The van der Waals surface area contributed by atoms with Crippen LogP contribution in [0.4, 0.5) is 17.1 Å². The highest BCUT2D eigenvalue weighted by molar-refractivity contribution is 6.08. The zero-order valence-corrected chi connectivity index (χ0v) is 17.6. The van der Waals surface area contributed by atoms with E-state index in [0.717, 1.165) is 17.1 Å². The van der Waals surface area contributed by atoms with Crippen molar-refractivity contribution in [1.82, 2.24) is 4.98 Å². The lowest BCUT2D eigenvalue weighted by Gasteiger charge is -2.25. The summed E-state index contributed by atoms with van der Waals surface area (Å²) in [6.45, 7) is 0. The maximum atomic E-state index is 3.52. The second-order valence-corrected chi connectivity index (χ2v) is 7.99. The summed E-state index contributed by atoms with van der Waals surface area (Å²) in [6.07, 6.45) is 0. The molecule has 2 nitrogen and oxygen atoms in total. The first-order chi connectivity index (χ1) is 15.9. The van der Waals surface area contributed by atoms with E-state index in [1.54, 1.807) is 0 Å². The molecule has 0 spiro atoms. The van der Waals surface area contributed by atoms with Crippen molar-refractivity contribution in [3.05, 3.63) is 127 Å². The molecule has 0 bridgehead atoms. The maximum Gasteiger partial charge on any atom is 0.0467 e. The monoisotopic (exact) mass is 410 g/mol. The highest BCUT2D eigenvalue weighted by Gasteiger charge is 2.13. The molecule has 0 unspecified atom stereocenters. The summed E-state index contributed by atoms with van der Waals surface area (Å²) < 4.78 is 0. The lowest BCUT2D eigenvalue weighted by atomic mass is 10.0. The van der Waals surface area contributed by atoms with Gasteiger partial charge in [-0.1, -0.05) is 72.8 Å². The molecule has 6 rings (SSSR count). The molecular formula is C30H22N2. The molecule has 0 aliphatic rings. The molecule has 0 radical (unpaired) electrons. The summed E-state index contributed by atoms with van der Waals surface area (Å²) in [4.78, 5) is 5.82. The largest absolute Gasteiger partial charge is 0.355 e. The molecule has 1 aromatic heterocycles. The van der Waals surface area contributed by atoms with Gasteiger partial charge in [-0.05, 0) is 65.7 Å². The summed E-state index contributed by atoms with van der Waals surface area (Å²) in [5.74, 6) is 0. The van der Waals surface area contributed by atoms with Gasteiger partial charge in [0.05, 0.1) is 0 Å². The van der Waals surface area contributed by atoms with Gasteiger partial charge in [-0.25, -0.2) is 0 Å². The Morgan fingerprint density at radius 2 is 1.00 bits per heavy atom. The van der Waals surface area contributed by atoms with Crippen LogP contribution in [0.5, 0.6) is 0 Å². The summed E-state index contributed by atoms with van der Waals surface area (Å²) in [5, 5.41) is 2.52. The summed E-state index contributed by atoms with van der Waals surface area (Å²) in [6, 6.07) is 45.0. The zero-order valence-electron chi connectivity index (χ0n) is 17.6. The number of fused-ring (bicyclic) bond motifs is 3. The van der Waals surface area contributed by atoms with Gasteiger partial charge in [0.1, 0.15) is 0 Å². The van der Waals surface area contributed by atoms with Gasteiger partial charge in [-0.15, -0.1) is 0 Å². The topological polar surface area (TPSA) is 19.0 Å². The van der Waals surface area contributed by atoms with E-state index >= 15 is 0 Å². The van der Waals surface area contributed by atoms with E-state index < -0.39 is 0 Å². The number of anilines is 3. The Bertz CT molecular complexity index is 1480. The summed E-state index contributed by atoms with van der Waals surface area (Å²) in [7, 11) is 0. The molecular weight excluding hydrogens is 388 g/mol. The second-order valence-electron chi connectivity index (χ2n) is 7.99. The molecule has 1 heterocycles. The maximum absolute atomic E-state index is 3.52. The minimum absolute atomic E-state index is 1.14.